The van der Waals surface area contributed by atoms with E-state index in [4.69, 9.17) is 10.2 Å². The number of carbonyl (C=O) groups is 1. The molecule has 0 aliphatic carbocycles. The second-order valence-electron chi connectivity index (χ2n) is 3.13. The number of aliphatic hydroxyl groups is 1. The second-order valence-corrected chi connectivity index (χ2v) is 4.77. The first-order valence-electron chi connectivity index (χ1n) is 4.33. The van der Waals surface area contributed by atoms with E-state index in [-0.39, 0.29) is 6.61 Å². The van der Waals surface area contributed by atoms with Crippen molar-refractivity contribution in [2.45, 2.75) is 18.1 Å². The lowest BCUT2D eigenvalue weighted by molar-refractivity contribution is 0.0656. The summed E-state index contributed by atoms with van der Waals surface area (Å²) in [6.45, 7) is 1.09. The first kappa shape index (κ1) is 12.7. The predicted octanol–water partition coefficient (Wildman–Crippen LogP) is -0.363. The number of hydrogen-bond donors (Lipinski definition) is 3. The van der Waals surface area contributed by atoms with Crippen LogP contribution in [-0.4, -0.2) is 37.2 Å². The molecule has 0 bridgehead atoms. The van der Waals surface area contributed by atoms with Crippen LogP contribution >= 0.6 is 0 Å². The number of hydrogen-bond acceptors (Lipinski definition) is 5. The van der Waals surface area contributed by atoms with E-state index in [2.05, 4.69) is 9.14 Å². The topological polar surface area (TPSA) is 117 Å². The van der Waals surface area contributed by atoms with Crippen molar-refractivity contribution in [1.82, 2.24) is 4.72 Å². The lowest BCUT2D eigenvalue weighted by atomic mass is 10.4. The molecule has 1 aromatic rings. The maximum absolute atomic E-state index is 11.5. The molecule has 3 N–H and O–H groups in total. The van der Waals surface area contributed by atoms with Crippen molar-refractivity contribution in [3.8, 4) is 0 Å². The summed E-state index contributed by atoms with van der Waals surface area (Å²) >= 11 is 0. The molecular formula is C8H11NO6S. The van der Waals surface area contributed by atoms with Crippen molar-refractivity contribution >= 4 is 16.0 Å². The standard InChI is InChI=1S/C8H11NO6S/c1-5(4-10)9-16(13,14)7-3-2-6(15-7)8(11)12/h2-3,5,9-10H,4H2,1H3,(H,11,12)/t5-/m0/s1. The predicted molar refractivity (Wildman–Crippen MR) is 52.5 cm³/mol. The van der Waals surface area contributed by atoms with Crippen molar-refractivity contribution in [2.75, 3.05) is 6.61 Å². The summed E-state index contributed by atoms with van der Waals surface area (Å²) < 4.78 is 29.8. The Morgan fingerprint density at radius 1 is 1.56 bits per heavy atom. The van der Waals surface area contributed by atoms with Crippen molar-refractivity contribution in [2.24, 2.45) is 0 Å². The molecule has 0 aliphatic rings. The van der Waals surface area contributed by atoms with E-state index in [0.29, 0.717) is 0 Å². The molecule has 0 amide bonds. The van der Waals surface area contributed by atoms with Crippen molar-refractivity contribution < 1.29 is 27.8 Å². The van der Waals surface area contributed by atoms with Crippen LogP contribution < -0.4 is 4.72 Å². The Labute approximate surface area is 91.7 Å². The van der Waals surface area contributed by atoms with E-state index < -0.39 is 32.9 Å². The summed E-state index contributed by atoms with van der Waals surface area (Å²) in [5.74, 6) is -1.81. The lowest BCUT2D eigenvalue weighted by Crippen LogP contribution is -2.34. The number of aliphatic hydroxyl groups excluding tert-OH is 1. The Kier molecular flexibility index (Phi) is 3.68. The van der Waals surface area contributed by atoms with Gasteiger partial charge >= 0.3 is 5.97 Å². The molecule has 0 aliphatic heterocycles. The summed E-state index contributed by atoms with van der Waals surface area (Å²) in [5.41, 5.74) is 0. The van der Waals surface area contributed by atoms with Crippen LogP contribution in [0, 0.1) is 0 Å². The highest BCUT2D eigenvalue weighted by atomic mass is 32.2. The Hall–Kier alpha value is -1.38. The highest BCUT2D eigenvalue weighted by Gasteiger charge is 2.22. The normalized spacial score (nSPS) is 13.6. The minimum absolute atomic E-state index is 0.369. The van der Waals surface area contributed by atoms with Gasteiger partial charge in [0.15, 0.2) is 0 Å². The van der Waals surface area contributed by atoms with Gasteiger partial charge in [0, 0.05) is 6.04 Å². The van der Waals surface area contributed by atoms with Gasteiger partial charge in [-0.3, -0.25) is 0 Å². The third kappa shape index (κ3) is 2.81. The minimum atomic E-state index is -3.92. The number of rotatable bonds is 5. The zero-order valence-corrected chi connectivity index (χ0v) is 9.19. The smallest absolute Gasteiger partial charge is 0.371 e. The van der Waals surface area contributed by atoms with Crippen LogP contribution in [0.25, 0.3) is 0 Å². The maximum Gasteiger partial charge on any atom is 0.371 e. The first-order chi connectivity index (χ1) is 7.36. The van der Waals surface area contributed by atoms with Crippen LogP contribution in [0.1, 0.15) is 17.5 Å². The van der Waals surface area contributed by atoms with Gasteiger partial charge in [-0.2, -0.15) is 0 Å². The van der Waals surface area contributed by atoms with Crippen LogP contribution in [0.2, 0.25) is 0 Å². The first-order valence-corrected chi connectivity index (χ1v) is 5.81. The van der Waals surface area contributed by atoms with Crippen LogP contribution in [0.5, 0.6) is 0 Å². The fourth-order valence-corrected chi connectivity index (χ4v) is 2.11. The Bertz CT molecular complexity index is 476. The largest absolute Gasteiger partial charge is 0.475 e. The summed E-state index contributed by atoms with van der Waals surface area (Å²) in [6, 6.07) is 1.40. The quantitative estimate of drug-likeness (QED) is 0.655. The molecule has 1 aromatic heterocycles. The van der Waals surface area contributed by atoms with E-state index in [0.717, 1.165) is 12.1 Å². The van der Waals surface area contributed by atoms with E-state index >= 15 is 0 Å². The van der Waals surface area contributed by atoms with Crippen molar-refractivity contribution in [1.29, 1.82) is 0 Å². The maximum atomic E-state index is 11.5. The van der Waals surface area contributed by atoms with E-state index in [1.807, 2.05) is 0 Å². The summed E-state index contributed by atoms with van der Waals surface area (Å²) in [6.07, 6.45) is 0. The average molecular weight is 249 g/mol. The van der Waals surface area contributed by atoms with Crippen LogP contribution in [0.3, 0.4) is 0 Å². The molecule has 8 heteroatoms. The average Bonchev–Trinajstić information content (AvgIpc) is 2.66. The van der Waals surface area contributed by atoms with E-state index in [9.17, 15) is 13.2 Å². The Balaban J connectivity index is 2.94. The lowest BCUT2D eigenvalue weighted by Gasteiger charge is -2.08. The second kappa shape index (κ2) is 4.64. The van der Waals surface area contributed by atoms with Gasteiger partial charge in [0.05, 0.1) is 6.61 Å². The summed E-state index contributed by atoms with van der Waals surface area (Å²) in [5, 5.41) is 16.7. The molecule has 0 unspecified atom stereocenters. The molecule has 0 fully saturated rings. The number of carboxylic acids is 1. The fraction of sp³-hybridized carbons (Fsp3) is 0.375. The minimum Gasteiger partial charge on any atom is -0.475 e. The molecule has 7 nitrogen and oxygen atoms in total. The van der Waals surface area contributed by atoms with Gasteiger partial charge in [-0.05, 0) is 19.1 Å². The SMILES string of the molecule is C[C@@H](CO)NS(=O)(=O)c1ccc(C(=O)O)o1. The van der Waals surface area contributed by atoms with Gasteiger partial charge in [0.1, 0.15) is 0 Å². The fourth-order valence-electron chi connectivity index (χ4n) is 0.940. The number of nitrogens with one attached hydrogen (secondary N) is 1. The molecule has 0 saturated carbocycles. The summed E-state index contributed by atoms with van der Waals surface area (Å²) in [4.78, 5) is 10.5. The van der Waals surface area contributed by atoms with Gasteiger partial charge in [-0.25, -0.2) is 17.9 Å². The molecule has 0 spiro atoms. The molecule has 0 saturated heterocycles. The number of sulfonamides is 1. The van der Waals surface area contributed by atoms with Crippen molar-refractivity contribution in [3.05, 3.63) is 17.9 Å². The highest BCUT2D eigenvalue weighted by molar-refractivity contribution is 7.89. The highest BCUT2D eigenvalue weighted by Crippen LogP contribution is 2.13. The molecule has 16 heavy (non-hydrogen) atoms. The third-order valence-corrected chi connectivity index (χ3v) is 3.15. The van der Waals surface area contributed by atoms with Gasteiger partial charge < -0.3 is 14.6 Å². The van der Waals surface area contributed by atoms with E-state index in [1.54, 1.807) is 0 Å². The van der Waals surface area contributed by atoms with Gasteiger partial charge in [0.25, 0.3) is 10.0 Å². The number of aromatic carboxylic acids is 1. The number of furan rings is 1. The zero-order chi connectivity index (χ0) is 12.3. The molecular weight excluding hydrogens is 238 g/mol. The van der Waals surface area contributed by atoms with Crippen LogP contribution in [0.15, 0.2) is 21.6 Å². The molecule has 0 aromatic carbocycles. The van der Waals surface area contributed by atoms with Crippen LogP contribution in [0.4, 0.5) is 0 Å². The Morgan fingerprint density at radius 2 is 2.19 bits per heavy atom. The number of carboxylic acid groups (broad SMARTS) is 1. The molecule has 90 valence electrons. The van der Waals surface area contributed by atoms with E-state index in [1.165, 1.54) is 6.92 Å². The third-order valence-electron chi connectivity index (χ3n) is 1.69. The summed E-state index contributed by atoms with van der Waals surface area (Å²) in [7, 11) is -3.92. The molecule has 1 rings (SSSR count). The van der Waals surface area contributed by atoms with Gasteiger partial charge in [0.2, 0.25) is 10.9 Å². The molecule has 0 radical (unpaired) electrons. The Morgan fingerprint density at radius 3 is 2.62 bits per heavy atom. The monoisotopic (exact) mass is 249 g/mol. The van der Waals surface area contributed by atoms with Crippen LogP contribution in [-0.2, 0) is 10.0 Å². The zero-order valence-electron chi connectivity index (χ0n) is 8.37. The van der Waals surface area contributed by atoms with Gasteiger partial charge in [-0.15, -0.1) is 0 Å². The molecule has 1 heterocycles. The van der Waals surface area contributed by atoms with Crippen molar-refractivity contribution in [3.63, 3.8) is 0 Å². The van der Waals surface area contributed by atoms with Gasteiger partial charge in [-0.1, -0.05) is 0 Å². The molecule has 1 atom stereocenters.